The highest BCUT2D eigenvalue weighted by atomic mass is 16.5. The standard InChI is InChI=1S/C21H18N6O4/c1-11(28)23-13-6-3-5-12(9-13)19-24-16(18(22)29)17-20(26-19)27(21(30)25-17)14-7-4-8-15(10-14)31-2/h3-10H,1-2H3,(H2,22,29)(H,23,28)(H,25,30). The minimum atomic E-state index is -0.814. The molecule has 0 radical (unpaired) electrons. The number of ether oxygens (including phenoxy) is 1. The lowest BCUT2D eigenvalue weighted by atomic mass is 10.1. The SMILES string of the molecule is COc1cccc(-n2c(=O)[nH]c3c(C(N)=O)nc(-c4cccc(NC(C)=O)c4)nc32)c1. The Bertz CT molecular complexity index is 1390. The molecule has 0 unspecified atom stereocenters. The molecule has 0 atom stereocenters. The van der Waals surface area contributed by atoms with Gasteiger partial charge in [-0.1, -0.05) is 18.2 Å². The fourth-order valence-electron chi connectivity index (χ4n) is 3.22. The van der Waals surface area contributed by atoms with Gasteiger partial charge in [0.15, 0.2) is 17.2 Å². The molecule has 0 saturated heterocycles. The van der Waals surface area contributed by atoms with Crippen molar-refractivity contribution in [3.8, 4) is 22.8 Å². The van der Waals surface area contributed by atoms with Crippen molar-refractivity contribution in [2.75, 3.05) is 12.4 Å². The number of benzene rings is 2. The summed E-state index contributed by atoms with van der Waals surface area (Å²) in [4.78, 5) is 47.6. The van der Waals surface area contributed by atoms with Gasteiger partial charge in [-0.2, -0.15) is 0 Å². The Kier molecular flexibility index (Phi) is 4.96. The fourth-order valence-corrected chi connectivity index (χ4v) is 3.22. The summed E-state index contributed by atoms with van der Waals surface area (Å²) in [6.45, 7) is 1.40. The highest BCUT2D eigenvalue weighted by Crippen LogP contribution is 2.25. The summed E-state index contributed by atoms with van der Waals surface area (Å²) in [5.41, 5.74) is 6.76. The lowest BCUT2D eigenvalue weighted by Gasteiger charge is -2.09. The number of nitrogens with two attached hydrogens (primary N) is 1. The molecule has 4 rings (SSSR count). The number of fused-ring (bicyclic) bond motifs is 1. The molecule has 0 fully saturated rings. The number of hydrogen-bond acceptors (Lipinski definition) is 6. The van der Waals surface area contributed by atoms with Gasteiger partial charge in [0, 0.05) is 24.2 Å². The van der Waals surface area contributed by atoms with Crippen LogP contribution in [0.3, 0.4) is 0 Å². The number of anilines is 1. The summed E-state index contributed by atoms with van der Waals surface area (Å²) in [6.07, 6.45) is 0. The van der Waals surface area contributed by atoms with Gasteiger partial charge in [0.2, 0.25) is 5.91 Å². The minimum Gasteiger partial charge on any atom is -0.497 e. The number of nitrogens with one attached hydrogen (secondary N) is 2. The molecule has 0 aliphatic heterocycles. The Morgan fingerprint density at radius 2 is 1.90 bits per heavy atom. The average Bonchev–Trinajstić information content (AvgIpc) is 3.08. The first-order valence-corrected chi connectivity index (χ1v) is 9.22. The number of aromatic nitrogens is 4. The number of methoxy groups -OCH3 is 1. The predicted octanol–water partition coefficient (Wildman–Crippen LogP) is 1.84. The summed E-state index contributed by atoms with van der Waals surface area (Å²) in [7, 11) is 1.52. The van der Waals surface area contributed by atoms with E-state index in [1.54, 1.807) is 48.5 Å². The minimum absolute atomic E-state index is 0.122. The van der Waals surface area contributed by atoms with E-state index in [0.717, 1.165) is 0 Å². The first kappa shape index (κ1) is 19.8. The molecule has 2 amide bonds. The van der Waals surface area contributed by atoms with E-state index < -0.39 is 11.6 Å². The molecule has 4 aromatic rings. The van der Waals surface area contributed by atoms with Gasteiger partial charge in [-0.3, -0.25) is 9.59 Å². The maximum absolute atomic E-state index is 12.7. The van der Waals surface area contributed by atoms with E-state index in [4.69, 9.17) is 10.5 Å². The van der Waals surface area contributed by atoms with Crippen LogP contribution in [-0.4, -0.2) is 38.4 Å². The Morgan fingerprint density at radius 3 is 2.61 bits per heavy atom. The van der Waals surface area contributed by atoms with Crippen LogP contribution in [0.25, 0.3) is 28.2 Å². The Hall–Kier alpha value is -4.47. The molecule has 2 aromatic heterocycles. The smallest absolute Gasteiger partial charge is 0.332 e. The number of amides is 2. The van der Waals surface area contributed by atoms with Gasteiger partial charge in [-0.25, -0.2) is 19.3 Å². The lowest BCUT2D eigenvalue weighted by molar-refractivity contribution is -0.114. The van der Waals surface area contributed by atoms with Gasteiger partial charge in [0.1, 0.15) is 11.3 Å². The maximum atomic E-state index is 12.7. The quantitative estimate of drug-likeness (QED) is 0.451. The zero-order valence-electron chi connectivity index (χ0n) is 16.7. The first-order valence-electron chi connectivity index (χ1n) is 9.22. The van der Waals surface area contributed by atoms with Crippen molar-refractivity contribution in [3.63, 3.8) is 0 Å². The van der Waals surface area contributed by atoms with Crippen LogP contribution >= 0.6 is 0 Å². The molecule has 0 aliphatic rings. The van der Waals surface area contributed by atoms with Gasteiger partial charge in [0.05, 0.1) is 12.8 Å². The molecule has 2 heterocycles. The molecular weight excluding hydrogens is 400 g/mol. The van der Waals surface area contributed by atoms with E-state index in [9.17, 15) is 14.4 Å². The van der Waals surface area contributed by atoms with Crippen molar-refractivity contribution in [3.05, 3.63) is 64.7 Å². The van der Waals surface area contributed by atoms with Gasteiger partial charge in [-0.15, -0.1) is 0 Å². The third-order valence-electron chi connectivity index (χ3n) is 4.52. The van der Waals surface area contributed by atoms with Gasteiger partial charge < -0.3 is 20.8 Å². The molecule has 0 saturated carbocycles. The number of carbonyl (C=O) groups excluding carboxylic acids is 2. The monoisotopic (exact) mass is 418 g/mol. The largest absolute Gasteiger partial charge is 0.497 e. The molecule has 0 spiro atoms. The Balaban J connectivity index is 1.98. The van der Waals surface area contributed by atoms with E-state index >= 15 is 0 Å². The summed E-state index contributed by atoms with van der Waals surface area (Å²) < 4.78 is 6.55. The normalized spacial score (nSPS) is 10.8. The lowest BCUT2D eigenvalue weighted by Crippen LogP contribution is -2.15. The van der Waals surface area contributed by atoms with Crippen LogP contribution in [0.1, 0.15) is 17.4 Å². The highest BCUT2D eigenvalue weighted by molar-refractivity contribution is 6.02. The number of aromatic amines is 1. The highest BCUT2D eigenvalue weighted by Gasteiger charge is 2.20. The molecule has 10 heteroatoms. The van der Waals surface area contributed by atoms with Crippen molar-refractivity contribution < 1.29 is 14.3 Å². The summed E-state index contributed by atoms with van der Waals surface area (Å²) in [5.74, 6) is -0.329. The van der Waals surface area contributed by atoms with Gasteiger partial charge >= 0.3 is 5.69 Å². The van der Waals surface area contributed by atoms with E-state index in [1.165, 1.54) is 18.6 Å². The van der Waals surface area contributed by atoms with Crippen molar-refractivity contribution in [1.82, 2.24) is 19.5 Å². The van der Waals surface area contributed by atoms with Crippen molar-refractivity contribution >= 4 is 28.7 Å². The Labute approximate surface area is 175 Å². The third-order valence-corrected chi connectivity index (χ3v) is 4.52. The van der Waals surface area contributed by atoms with Crippen LogP contribution in [0.5, 0.6) is 5.75 Å². The number of hydrogen-bond donors (Lipinski definition) is 3. The summed E-state index contributed by atoms with van der Waals surface area (Å²) in [5, 5.41) is 2.68. The van der Waals surface area contributed by atoms with Crippen molar-refractivity contribution in [1.29, 1.82) is 0 Å². The zero-order chi connectivity index (χ0) is 22.1. The second kappa shape index (κ2) is 7.75. The topological polar surface area (TPSA) is 145 Å². The second-order valence-electron chi connectivity index (χ2n) is 6.69. The molecule has 0 bridgehead atoms. The van der Waals surface area contributed by atoms with E-state index in [0.29, 0.717) is 22.7 Å². The average molecular weight is 418 g/mol. The van der Waals surface area contributed by atoms with Crippen molar-refractivity contribution in [2.24, 2.45) is 5.73 Å². The van der Waals surface area contributed by atoms with Gasteiger partial charge in [0.25, 0.3) is 5.91 Å². The molecule has 0 aliphatic carbocycles. The van der Waals surface area contributed by atoms with Crippen LogP contribution in [0.2, 0.25) is 0 Å². The van der Waals surface area contributed by atoms with Crippen LogP contribution in [0.15, 0.2) is 53.3 Å². The van der Waals surface area contributed by atoms with E-state index in [2.05, 4.69) is 20.3 Å². The molecule has 31 heavy (non-hydrogen) atoms. The van der Waals surface area contributed by atoms with E-state index in [-0.39, 0.29) is 28.6 Å². The zero-order valence-corrected chi connectivity index (χ0v) is 16.7. The van der Waals surface area contributed by atoms with Crippen LogP contribution in [0.4, 0.5) is 5.69 Å². The number of H-pyrrole nitrogens is 1. The number of nitrogens with zero attached hydrogens (tertiary/aromatic N) is 3. The number of rotatable bonds is 5. The van der Waals surface area contributed by atoms with Crippen LogP contribution in [0, 0.1) is 0 Å². The van der Waals surface area contributed by atoms with Crippen LogP contribution < -0.4 is 21.5 Å². The number of imidazole rings is 1. The second-order valence-corrected chi connectivity index (χ2v) is 6.69. The Morgan fingerprint density at radius 1 is 1.13 bits per heavy atom. The predicted molar refractivity (Wildman–Crippen MR) is 114 cm³/mol. The fraction of sp³-hybridized carbons (Fsp3) is 0.0952. The molecular formula is C21H18N6O4. The first-order chi connectivity index (χ1) is 14.9. The molecule has 2 aromatic carbocycles. The molecule has 10 nitrogen and oxygen atoms in total. The summed E-state index contributed by atoms with van der Waals surface area (Å²) in [6, 6.07) is 13.6. The number of carbonyl (C=O) groups is 2. The van der Waals surface area contributed by atoms with Crippen LogP contribution in [-0.2, 0) is 4.79 Å². The third kappa shape index (κ3) is 3.73. The van der Waals surface area contributed by atoms with Gasteiger partial charge in [-0.05, 0) is 24.3 Å². The summed E-state index contributed by atoms with van der Waals surface area (Å²) >= 11 is 0. The van der Waals surface area contributed by atoms with Crippen molar-refractivity contribution in [2.45, 2.75) is 6.92 Å². The molecule has 156 valence electrons. The number of primary amides is 1. The molecule has 4 N–H and O–H groups in total. The van der Waals surface area contributed by atoms with E-state index in [1.807, 2.05) is 0 Å². The maximum Gasteiger partial charge on any atom is 0.332 e.